The summed E-state index contributed by atoms with van der Waals surface area (Å²) in [5, 5.41) is 2.61. The van der Waals surface area contributed by atoms with Crippen molar-refractivity contribution in [1.29, 1.82) is 0 Å². The van der Waals surface area contributed by atoms with E-state index in [1.165, 1.54) is 12.1 Å². The second-order valence-electron chi connectivity index (χ2n) is 7.07. The van der Waals surface area contributed by atoms with E-state index < -0.39 is 28.5 Å². The molecule has 2 N–H and O–H groups in total. The summed E-state index contributed by atoms with van der Waals surface area (Å²) in [6, 6.07) is 19.8. The molecule has 3 aromatic carbocycles. The second kappa shape index (κ2) is 11.2. The van der Waals surface area contributed by atoms with E-state index in [4.69, 9.17) is 14.2 Å². The van der Waals surface area contributed by atoms with Gasteiger partial charge in [0.1, 0.15) is 17.2 Å². The average Bonchev–Trinajstić information content (AvgIpc) is 2.79. The molecule has 3 rings (SSSR count). The van der Waals surface area contributed by atoms with Gasteiger partial charge < -0.3 is 19.5 Å². The maximum atomic E-state index is 12.3. The Morgan fingerprint density at radius 2 is 1.44 bits per heavy atom. The molecular weight excluding hydrogens is 460 g/mol. The summed E-state index contributed by atoms with van der Waals surface area (Å²) >= 11 is 0. The Kier molecular flexibility index (Phi) is 8.10. The standard InChI is InChI=1S/C24H24N2O7S/c1-3-31-18-12-14-20(15-13-18)33-19-10-8-17(9-11-19)25-23(27)16-32-24(28)21-6-4-5-7-22(21)26-34(2,29)30/h4-15,26H,3,16H2,1-2H3,(H,25,27). The summed E-state index contributed by atoms with van der Waals surface area (Å²) in [5.74, 6) is 0.577. The lowest BCUT2D eigenvalue weighted by molar-refractivity contribution is -0.119. The number of carbonyl (C=O) groups excluding carboxylic acids is 2. The predicted molar refractivity (Wildman–Crippen MR) is 128 cm³/mol. The quantitative estimate of drug-likeness (QED) is 0.417. The van der Waals surface area contributed by atoms with Crippen molar-refractivity contribution in [3.8, 4) is 17.2 Å². The molecule has 0 aromatic heterocycles. The van der Waals surface area contributed by atoms with Crippen molar-refractivity contribution in [2.45, 2.75) is 6.92 Å². The summed E-state index contributed by atoms with van der Waals surface area (Å²) in [6.45, 7) is 1.95. The third kappa shape index (κ3) is 7.52. The monoisotopic (exact) mass is 484 g/mol. The highest BCUT2D eigenvalue weighted by atomic mass is 32.2. The number of sulfonamides is 1. The van der Waals surface area contributed by atoms with Gasteiger partial charge in [0.2, 0.25) is 10.0 Å². The number of esters is 1. The maximum absolute atomic E-state index is 12.3. The van der Waals surface area contributed by atoms with Crippen LogP contribution in [0.3, 0.4) is 0 Å². The minimum atomic E-state index is -3.59. The molecule has 1 amide bonds. The Labute approximate surface area is 197 Å². The van der Waals surface area contributed by atoms with Gasteiger partial charge in [0, 0.05) is 5.69 Å². The van der Waals surface area contributed by atoms with Crippen LogP contribution >= 0.6 is 0 Å². The first kappa shape index (κ1) is 24.6. The van der Waals surface area contributed by atoms with Crippen molar-refractivity contribution in [1.82, 2.24) is 0 Å². The number of amides is 1. The first-order chi connectivity index (χ1) is 16.2. The van der Waals surface area contributed by atoms with E-state index in [9.17, 15) is 18.0 Å². The SMILES string of the molecule is CCOc1ccc(Oc2ccc(NC(=O)COC(=O)c3ccccc3NS(C)(=O)=O)cc2)cc1. The Balaban J connectivity index is 1.52. The first-order valence-corrected chi connectivity index (χ1v) is 12.2. The van der Waals surface area contributed by atoms with Crippen LogP contribution in [-0.2, 0) is 19.6 Å². The van der Waals surface area contributed by atoms with Gasteiger partial charge in [0.05, 0.1) is 24.1 Å². The van der Waals surface area contributed by atoms with Crippen LogP contribution in [0.2, 0.25) is 0 Å². The zero-order valence-corrected chi connectivity index (χ0v) is 19.4. The van der Waals surface area contributed by atoms with Crippen molar-refractivity contribution in [3.05, 3.63) is 78.4 Å². The van der Waals surface area contributed by atoms with Crippen LogP contribution in [-0.4, -0.2) is 39.8 Å². The number of rotatable bonds is 10. The lowest BCUT2D eigenvalue weighted by Gasteiger charge is -2.11. The van der Waals surface area contributed by atoms with Crippen LogP contribution in [0, 0.1) is 0 Å². The first-order valence-electron chi connectivity index (χ1n) is 10.3. The van der Waals surface area contributed by atoms with Gasteiger partial charge in [0.25, 0.3) is 5.91 Å². The fourth-order valence-electron chi connectivity index (χ4n) is 2.87. The van der Waals surface area contributed by atoms with Crippen LogP contribution in [0.1, 0.15) is 17.3 Å². The van der Waals surface area contributed by atoms with E-state index in [2.05, 4.69) is 10.0 Å². The zero-order chi connectivity index (χ0) is 24.6. The van der Waals surface area contributed by atoms with Crippen molar-refractivity contribution in [2.24, 2.45) is 0 Å². The Bertz CT molecular complexity index is 1240. The molecule has 10 heteroatoms. The number of ether oxygens (including phenoxy) is 3. The number of hydrogen-bond acceptors (Lipinski definition) is 7. The van der Waals surface area contributed by atoms with Gasteiger partial charge in [-0.1, -0.05) is 12.1 Å². The minimum Gasteiger partial charge on any atom is -0.494 e. The zero-order valence-electron chi connectivity index (χ0n) is 18.6. The highest BCUT2D eigenvalue weighted by Crippen LogP contribution is 2.25. The van der Waals surface area contributed by atoms with E-state index in [0.717, 1.165) is 12.0 Å². The Morgan fingerprint density at radius 1 is 0.853 bits per heavy atom. The maximum Gasteiger partial charge on any atom is 0.340 e. The summed E-state index contributed by atoms with van der Waals surface area (Å²) < 4.78 is 41.4. The molecule has 3 aromatic rings. The van der Waals surface area contributed by atoms with E-state index in [1.807, 2.05) is 19.1 Å². The van der Waals surface area contributed by atoms with Crippen molar-refractivity contribution in [2.75, 3.05) is 29.5 Å². The number of nitrogens with one attached hydrogen (secondary N) is 2. The minimum absolute atomic E-state index is 0.00323. The van der Waals surface area contributed by atoms with Crippen LogP contribution < -0.4 is 19.5 Å². The van der Waals surface area contributed by atoms with Gasteiger partial charge in [-0.2, -0.15) is 0 Å². The number of benzene rings is 3. The third-order valence-corrected chi connectivity index (χ3v) is 4.88. The number of anilines is 2. The summed E-state index contributed by atoms with van der Waals surface area (Å²) in [6.07, 6.45) is 0.969. The predicted octanol–water partition coefficient (Wildman–Crippen LogP) is 4.04. The normalized spacial score (nSPS) is 10.8. The number of hydrogen-bond donors (Lipinski definition) is 2. The molecule has 9 nitrogen and oxygen atoms in total. The smallest absolute Gasteiger partial charge is 0.340 e. The van der Waals surface area contributed by atoms with Crippen LogP contribution in [0.5, 0.6) is 17.2 Å². The Hall–Kier alpha value is -4.05. The average molecular weight is 485 g/mol. The second-order valence-corrected chi connectivity index (χ2v) is 8.82. The van der Waals surface area contributed by atoms with E-state index in [-0.39, 0.29) is 11.3 Å². The van der Waals surface area contributed by atoms with Gasteiger partial charge in [-0.25, -0.2) is 13.2 Å². The van der Waals surface area contributed by atoms with Gasteiger partial charge in [-0.3, -0.25) is 9.52 Å². The van der Waals surface area contributed by atoms with Crippen LogP contribution in [0.4, 0.5) is 11.4 Å². The molecule has 0 aliphatic heterocycles. The number of carbonyl (C=O) groups is 2. The van der Waals surface area contributed by atoms with E-state index in [1.54, 1.807) is 48.5 Å². The molecule has 0 radical (unpaired) electrons. The molecule has 0 aliphatic carbocycles. The van der Waals surface area contributed by atoms with E-state index >= 15 is 0 Å². The van der Waals surface area contributed by atoms with Gasteiger partial charge in [0.15, 0.2) is 6.61 Å². The summed E-state index contributed by atoms with van der Waals surface area (Å²) in [4.78, 5) is 24.5. The number of para-hydroxylation sites is 1. The van der Waals surface area contributed by atoms with Crippen molar-refractivity contribution < 1.29 is 32.2 Å². The molecular formula is C24H24N2O7S. The van der Waals surface area contributed by atoms with Gasteiger partial charge in [-0.15, -0.1) is 0 Å². The molecule has 178 valence electrons. The highest BCUT2D eigenvalue weighted by molar-refractivity contribution is 7.92. The lowest BCUT2D eigenvalue weighted by Crippen LogP contribution is -2.21. The summed E-state index contributed by atoms with van der Waals surface area (Å²) in [7, 11) is -3.59. The molecule has 0 unspecified atom stereocenters. The molecule has 0 fully saturated rings. The fourth-order valence-corrected chi connectivity index (χ4v) is 3.45. The van der Waals surface area contributed by atoms with Crippen LogP contribution in [0.25, 0.3) is 0 Å². The fraction of sp³-hybridized carbons (Fsp3) is 0.167. The molecule has 34 heavy (non-hydrogen) atoms. The topological polar surface area (TPSA) is 120 Å². The molecule has 0 saturated carbocycles. The molecule has 0 spiro atoms. The van der Waals surface area contributed by atoms with Crippen molar-refractivity contribution >= 4 is 33.3 Å². The largest absolute Gasteiger partial charge is 0.494 e. The molecule has 0 bridgehead atoms. The van der Waals surface area contributed by atoms with Crippen LogP contribution in [0.15, 0.2) is 72.8 Å². The van der Waals surface area contributed by atoms with Gasteiger partial charge >= 0.3 is 5.97 Å². The Morgan fingerprint density at radius 3 is 2.06 bits per heavy atom. The molecule has 0 heterocycles. The lowest BCUT2D eigenvalue weighted by atomic mass is 10.2. The molecule has 0 saturated heterocycles. The molecule has 0 aliphatic rings. The van der Waals surface area contributed by atoms with Gasteiger partial charge in [-0.05, 0) is 67.6 Å². The highest BCUT2D eigenvalue weighted by Gasteiger charge is 2.16. The molecule has 0 atom stereocenters. The summed E-state index contributed by atoms with van der Waals surface area (Å²) in [5.41, 5.74) is 0.550. The van der Waals surface area contributed by atoms with Crippen molar-refractivity contribution in [3.63, 3.8) is 0 Å². The third-order valence-electron chi connectivity index (χ3n) is 4.29. The van der Waals surface area contributed by atoms with E-state index in [0.29, 0.717) is 23.8 Å².